The molecule has 1 saturated carbocycles. The van der Waals surface area contributed by atoms with Gasteiger partial charge in [0.25, 0.3) is 0 Å². The first-order valence-electron chi connectivity index (χ1n) is 6.29. The van der Waals surface area contributed by atoms with Gasteiger partial charge in [-0.15, -0.1) is 11.8 Å². The lowest BCUT2D eigenvalue weighted by atomic mass is 9.95. The maximum atomic E-state index is 4.44. The van der Waals surface area contributed by atoms with Crippen LogP contribution in [-0.4, -0.2) is 22.8 Å². The van der Waals surface area contributed by atoms with Gasteiger partial charge in [-0.25, -0.2) is 4.98 Å². The highest BCUT2D eigenvalue weighted by molar-refractivity contribution is 9.10. The van der Waals surface area contributed by atoms with Crippen molar-refractivity contribution in [2.75, 3.05) is 6.54 Å². The highest BCUT2D eigenvalue weighted by Gasteiger charge is 2.22. The van der Waals surface area contributed by atoms with Crippen LogP contribution >= 0.6 is 27.7 Å². The third-order valence-corrected chi connectivity index (χ3v) is 4.82. The largest absolute Gasteiger partial charge is 0.314 e. The van der Waals surface area contributed by atoms with Crippen LogP contribution in [0, 0.1) is 0 Å². The summed E-state index contributed by atoms with van der Waals surface area (Å²) in [5.41, 5.74) is 0. The fourth-order valence-corrected chi connectivity index (χ4v) is 3.78. The van der Waals surface area contributed by atoms with Crippen LogP contribution in [0.5, 0.6) is 0 Å². The number of rotatable bonds is 4. The lowest BCUT2D eigenvalue weighted by molar-refractivity contribution is 0.387. The van der Waals surface area contributed by atoms with E-state index in [4.69, 9.17) is 0 Å². The van der Waals surface area contributed by atoms with Crippen LogP contribution in [-0.2, 0) is 0 Å². The van der Waals surface area contributed by atoms with E-state index in [-0.39, 0.29) is 0 Å². The van der Waals surface area contributed by atoms with Crippen molar-refractivity contribution >= 4 is 27.7 Å². The molecule has 1 aliphatic carbocycles. The molecule has 1 aromatic heterocycles. The Balaban J connectivity index is 1.87. The number of thioether (sulfide) groups is 1. The van der Waals surface area contributed by atoms with Crippen molar-refractivity contribution in [2.45, 2.75) is 48.9 Å². The molecule has 0 aromatic carbocycles. The third kappa shape index (κ3) is 4.27. The predicted molar refractivity (Wildman–Crippen MR) is 77.5 cm³/mol. The highest BCUT2D eigenvalue weighted by atomic mass is 79.9. The number of hydrogen-bond donors (Lipinski definition) is 1. The Labute approximate surface area is 116 Å². The molecular formula is C13H19BrN2S. The Morgan fingerprint density at radius 2 is 2.35 bits per heavy atom. The second-order valence-electron chi connectivity index (χ2n) is 4.48. The lowest BCUT2D eigenvalue weighted by Gasteiger charge is -2.28. The molecule has 2 rings (SSSR count). The van der Waals surface area contributed by atoms with Gasteiger partial charge < -0.3 is 5.32 Å². The van der Waals surface area contributed by atoms with Crippen molar-refractivity contribution in [1.82, 2.24) is 10.3 Å². The Bertz CT molecular complexity index is 340. The van der Waals surface area contributed by atoms with Crippen LogP contribution in [0.1, 0.15) is 32.6 Å². The van der Waals surface area contributed by atoms with Gasteiger partial charge in [0.05, 0.1) is 5.03 Å². The van der Waals surface area contributed by atoms with Crippen LogP contribution in [0.4, 0.5) is 0 Å². The standard InChI is InChI=1S/C13H19BrN2S/c1-2-15-11-4-3-5-12(8-11)17-13-7-6-10(14)9-16-13/h6-7,9,11-12,15H,2-5,8H2,1H3. The van der Waals surface area contributed by atoms with Crippen molar-refractivity contribution in [3.8, 4) is 0 Å². The topological polar surface area (TPSA) is 24.9 Å². The minimum atomic E-state index is 0.710. The molecule has 0 saturated heterocycles. The third-order valence-electron chi connectivity index (χ3n) is 3.11. The van der Waals surface area contributed by atoms with Gasteiger partial charge in [0.2, 0.25) is 0 Å². The molecule has 2 nitrogen and oxygen atoms in total. The molecule has 17 heavy (non-hydrogen) atoms. The molecule has 1 aliphatic rings. The SMILES string of the molecule is CCNC1CCCC(Sc2ccc(Br)cn2)C1. The number of nitrogens with one attached hydrogen (secondary N) is 1. The van der Waals surface area contributed by atoms with Crippen LogP contribution in [0.2, 0.25) is 0 Å². The first kappa shape index (κ1) is 13.4. The molecule has 2 atom stereocenters. The molecule has 0 aliphatic heterocycles. The van der Waals surface area contributed by atoms with Crippen molar-refractivity contribution in [2.24, 2.45) is 0 Å². The van der Waals surface area contributed by atoms with Crippen LogP contribution in [0.3, 0.4) is 0 Å². The summed E-state index contributed by atoms with van der Waals surface area (Å²) in [7, 11) is 0. The monoisotopic (exact) mass is 314 g/mol. The molecule has 4 heteroatoms. The lowest BCUT2D eigenvalue weighted by Crippen LogP contribution is -2.34. The minimum absolute atomic E-state index is 0.710. The second kappa shape index (κ2) is 6.76. The quantitative estimate of drug-likeness (QED) is 0.913. The maximum absolute atomic E-state index is 4.44. The smallest absolute Gasteiger partial charge is 0.0963 e. The van der Waals surface area contributed by atoms with Crippen molar-refractivity contribution < 1.29 is 0 Å². The fraction of sp³-hybridized carbons (Fsp3) is 0.615. The summed E-state index contributed by atoms with van der Waals surface area (Å²) < 4.78 is 1.05. The van der Waals surface area contributed by atoms with E-state index in [2.05, 4.69) is 45.3 Å². The van der Waals surface area contributed by atoms with E-state index in [1.54, 1.807) is 0 Å². The van der Waals surface area contributed by atoms with Gasteiger partial charge in [-0.2, -0.15) is 0 Å². The normalized spacial score (nSPS) is 24.8. The average molecular weight is 315 g/mol. The number of hydrogen-bond acceptors (Lipinski definition) is 3. The van der Waals surface area contributed by atoms with Crippen molar-refractivity contribution in [1.29, 1.82) is 0 Å². The van der Waals surface area contributed by atoms with Gasteiger partial charge in [-0.05, 0) is 53.9 Å². The molecule has 0 bridgehead atoms. The highest BCUT2D eigenvalue weighted by Crippen LogP contribution is 2.33. The summed E-state index contributed by atoms with van der Waals surface area (Å²) >= 11 is 5.35. The molecular weight excluding hydrogens is 296 g/mol. The van der Waals surface area contributed by atoms with E-state index >= 15 is 0 Å². The van der Waals surface area contributed by atoms with E-state index < -0.39 is 0 Å². The van der Waals surface area contributed by atoms with Gasteiger partial charge in [0.1, 0.15) is 0 Å². The zero-order chi connectivity index (χ0) is 12.1. The van der Waals surface area contributed by atoms with Gasteiger partial charge in [-0.3, -0.25) is 0 Å². The Morgan fingerprint density at radius 1 is 1.47 bits per heavy atom. The van der Waals surface area contributed by atoms with Gasteiger partial charge in [0, 0.05) is 22.0 Å². The molecule has 1 N–H and O–H groups in total. The molecule has 0 radical (unpaired) electrons. The number of halogens is 1. The predicted octanol–water partition coefficient (Wildman–Crippen LogP) is 3.86. The zero-order valence-electron chi connectivity index (χ0n) is 10.2. The minimum Gasteiger partial charge on any atom is -0.314 e. The molecule has 1 fully saturated rings. The summed E-state index contributed by atoms with van der Waals surface area (Å²) in [4.78, 5) is 4.44. The molecule has 0 amide bonds. The molecule has 1 heterocycles. The summed E-state index contributed by atoms with van der Waals surface area (Å²) in [5.74, 6) is 0. The molecule has 0 spiro atoms. The Morgan fingerprint density at radius 3 is 3.06 bits per heavy atom. The molecule has 1 aromatic rings. The van der Waals surface area contributed by atoms with Gasteiger partial charge in [0.15, 0.2) is 0 Å². The Hall–Kier alpha value is -0.0600. The van der Waals surface area contributed by atoms with E-state index in [1.165, 1.54) is 25.7 Å². The second-order valence-corrected chi connectivity index (χ2v) is 6.71. The molecule has 94 valence electrons. The van der Waals surface area contributed by atoms with E-state index in [0.29, 0.717) is 6.04 Å². The van der Waals surface area contributed by atoms with Crippen molar-refractivity contribution in [3.63, 3.8) is 0 Å². The summed E-state index contributed by atoms with van der Waals surface area (Å²) in [5, 5.41) is 5.44. The first-order chi connectivity index (χ1) is 8.28. The van der Waals surface area contributed by atoms with Crippen LogP contribution < -0.4 is 5.32 Å². The van der Waals surface area contributed by atoms with Crippen molar-refractivity contribution in [3.05, 3.63) is 22.8 Å². The van der Waals surface area contributed by atoms with Gasteiger partial charge >= 0.3 is 0 Å². The average Bonchev–Trinajstić information content (AvgIpc) is 2.33. The van der Waals surface area contributed by atoms with E-state index in [0.717, 1.165) is 21.3 Å². The molecule has 2 unspecified atom stereocenters. The summed E-state index contributed by atoms with van der Waals surface area (Å²) in [6, 6.07) is 4.88. The maximum Gasteiger partial charge on any atom is 0.0963 e. The zero-order valence-corrected chi connectivity index (χ0v) is 12.6. The van der Waals surface area contributed by atoms with Gasteiger partial charge in [-0.1, -0.05) is 13.3 Å². The van der Waals surface area contributed by atoms with Crippen LogP contribution in [0.25, 0.3) is 0 Å². The summed E-state index contributed by atoms with van der Waals surface area (Å²) in [6.45, 7) is 3.27. The first-order valence-corrected chi connectivity index (χ1v) is 7.96. The van der Waals surface area contributed by atoms with E-state index in [9.17, 15) is 0 Å². The fourth-order valence-electron chi connectivity index (χ4n) is 2.33. The van der Waals surface area contributed by atoms with E-state index in [1.807, 2.05) is 18.0 Å². The number of aromatic nitrogens is 1. The summed E-state index contributed by atoms with van der Waals surface area (Å²) in [6.07, 6.45) is 7.15. The number of pyridine rings is 1. The van der Waals surface area contributed by atoms with Crippen LogP contribution in [0.15, 0.2) is 27.8 Å². The Kier molecular flexibility index (Phi) is 5.32. The number of nitrogens with zero attached hydrogens (tertiary/aromatic N) is 1.